The molecular formula is C19H20Cl3N3O4S. The van der Waals surface area contributed by atoms with E-state index in [9.17, 15) is 4.79 Å². The summed E-state index contributed by atoms with van der Waals surface area (Å²) < 4.78 is 13.7. The van der Waals surface area contributed by atoms with E-state index in [2.05, 4.69) is 16.0 Å². The number of methoxy groups -OCH3 is 3. The molecule has 7 nitrogen and oxygen atoms in total. The van der Waals surface area contributed by atoms with Crippen molar-refractivity contribution in [3.05, 3.63) is 48.0 Å². The first kappa shape index (κ1) is 24.1. The summed E-state index contributed by atoms with van der Waals surface area (Å²) in [4.78, 5) is 12.6. The normalized spacial score (nSPS) is 11.8. The second-order valence-corrected chi connectivity index (χ2v) is 8.62. The SMILES string of the molecule is COc1cccc(C(=O)N[C@H](NC(=S)Nc2cc(OC)ccc2OC)C(Cl)(Cl)Cl)c1. The highest BCUT2D eigenvalue weighted by Crippen LogP contribution is 2.31. The number of alkyl halides is 3. The predicted octanol–water partition coefficient (Wildman–Crippen LogP) is 4.13. The number of hydrogen-bond acceptors (Lipinski definition) is 5. The molecule has 2 aromatic rings. The van der Waals surface area contributed by atoms with Crippen molar-refractivity contribution in [2.24, 2.45) is 0 Å². The van der Waals surface area contributed by atoms with Crippen LogP contribution in [0.25, 0.3) is 0 Å². The fraction of sp³-hybridized carbons (Fsp3) is 0.263. The van der Waals surface area contributed by atoms with Gasteiger partial charge in [-0.3, -0.25) is 4.79 Å². The number of hydrogen-bond donors (Lipinski definition) is 3. The average molecular weight is 493 g/mol. The summed E-state index contributed by atoms with van der Waals surface area (Å²) in [5, 5.41) is 8.42. The van der Waals surface area contributed by atoms with Crippen LogP contribution in [-0.2, 0) is 0 Å². The van der Waals surface area contributed by atoms with Gasteiger partial charge in [0.15, 0.2) is 5.11 Å². The zero-order valence-electron chi connectivity index (χ0n) is 16.3. The fourth-order valence-electron chi connectivity index (χ4n) is 2.38. The third-order valence-corrected chi connectivity index (χ3v) is 4.74. The van der Waals surface area contributed by atoms with E-state index in [-0.39, 0.29) is 5.11 Å². The third kappa shape index (κ3) is 6.70. The van der Waals surface area contributed by atoms with Gasteiger partial charge in [-0.15, -0.1) is 0 Å². The highest BCUT2D eigenvalue weighted by atomic mass is 35.6. The maximum atomic E-state index is 12.6. The van der Waals surface area contributed by atoms with Crippen LogP contribution in [0.2, 0.25) is 0 Å². The first-order valence-electron chi connectivity index (χ1n) is 8.49. The third-order valence-electron chi connectivity index (χ3n) is 3.86. The van der Waals surface area contributed by atoms with Crippen molar-refractivity contribution in [2.45, 2.75) is 9.96 Å². The van der Waals surface area contributed by atoms with E-state index in [0.717, 1.165) is 0 Å². The van der Waals surface area contributed by atoms with Crippen molar-refractivity contribution in [2.75, 3.05) is 26.6 Å². The molecule has 0 saturated carbocycles. The Bertz CT molecular complexity index is 909. The molecule has 2 aromatic carbocycles. The number of ether oxygens (including phenoxy) is 3. The lowest BCUT2D eigenvalue weighted by atomic mass is 10.2. The van der Waals surface area contributed by atoms with Crippen LogP contribution in [0.4, 0.5) is 5.69 Å². The van der Waals surface area contributed by atoms with Crippen molar-refractivity contribution in [3.8, 4) is 17.2 Å². The summed E-state index contributed by atoms with van der Waals surface area (Å²) in [6.45, 7) is 0. The Labute approximate surface area is 194 Å². The van der Waals surface area contributed by atoms with Crippen molar-refractivity contribution in [1.29, 1.82) is 0 Å². The van der Waals surface area contributed by atoms with Gasteiger partial charge in [0.2, 0.25) is 3.79 Å². The molecule has 1 atom stereocenters. The van der Waals surface area contributed by atoms with E-state index in [0.29, 0.717) is 28.5 Å². The van der Waals surface area contributed by atoms with Crippen LogP contribution in [0.1, 0.15) is 10.4 Å². The van der Waals surface area contributed by atoms with Gasteiger partial charge in [-0.2, -0.15) is 0 Å². The van der Waals surface area contributed by atoms with Crippen LogP contribution in [0.15, 0.2) is 42.5 Å². The molecule has 3 N–H and O–H groups in total. The maximum absolute atomic E-state index is 12.6. The zero-order chi connectivity index (χ0) is 22.3. The van der Waals surface area contributed by atoms with E-state index in [1.807, 2.05) is 0 Å². The van der Waals surface area contributed by atoms with E-state index in [1.165, 1.54) is 21.3 Å². The molecule has 0 radical (unpaired) electrons. The Kier molecular flexibility index (Phi) is 8.66. The monoisotopic (exact) mass is 491 g/mol. The van der Waals surface area contributed by atoms with E-state index < -0.39 is 15.9 Å². The average Bonchev–Trinajstić information content (AvgIpc) is 2.72. The molecule has 0 fully saturated rings. The summed E-state index contributed by atoms with van der Waals surface area (Å²) in [6, 6.07) is 11.7. The number of nitrogens with one attached hydrogen (secondary N) is 3. The molecule has 2 rings (SSSR count). The highest BCUT2D eigenvalue weighted by molar-refractivity contribution is 7.80. The predicted molar refractivity (Wildman–Crippen MR) is 123 cm³/mol. The van der Waals surface area contributed by atoms with Gasteiger partial charge in [-0.25, -0.2) is 0 Å². The summed E-state index contributed by atoms with van der Waals surface area (Å²) in [7, 11) is 4.55. The Morgan fingerprint density at radius 2 is 1.63 bits per heavy atom. The Hall–Kier alpha value is -2.13. The number of thiocarbonyl (C=S) groups is 1. The van der Waals surface area contributed by atoms with Gasteiger partial charge in [0.25, 0.3) is 5.91 Å². The largest absolute Gasteiger partial charge is 0.497 e. The van der Waals surface area contributed by atoms with Crippen LogP contribution in [0.3, 0.4) is 0 Å². The molecule has 162 valence electrons. The van der Waals surface area contributed by atoms with Crippen LogP contribution in [0, 0.1) is 0 Å². The number of halogens is 3. The maximum Gasteiger partial charge on any atom is 0.253 e. The molecule has 0 bridgehead atoms. The van der Waals surface area contributed by atoms with Gasteiger partial charge in [-0.05, 0) is 42.5 Å². The van der Waals surface area contributed by atoms with Gasteiger partial charge >= 0.3 is 0 Å². The molecule has 1 amide bonds. The zero-order valence-corrected chi connectivity index (χ0v) is 19.4. The quantitative estimate of drug-likeness (QED) is 0.305. The standard InChI is InChI=1S/C19H20Cl3N3O4S/c1-27-12-6-4-5-11(9-12)16(26)24-17(19(20,21)22)25-18(30)23-14-10-13(28-2)7-8-15(14)29-3/h4-10,17H,1-3H3,(H,24,26)(H2,23,25,30)/t17-/m1/s1. The van der Waals surface area contributed by atoms with Crippen LogP contribution in [-0.4, -0.2) is 42.3 Å². The topological polar surface area (TPSA) is 80.9 Å². The fourth-order valence-corrected chi connectivity index (χ4v) is 2.93. The lowest BCUT2D eigenvalue weighted by Crippen LogP contribution is -2.56. The molecule has 0 heterocycles. The first-order valence-corrected chi connectivity index (χ1v) is 10.0. The van der Waals surface area contributed by atoms with Gasteiger partial charge in [0.1, 0.15) is 23.4 Å². The molecule has 0 aliphatic carbocycles. The summed E-state index contributed by atoms with van der Waals surface area (Å²) >= 11 is 23.4. The minimum absolute atomic E-state index is 0.0869. The smallest absolute Gasteiger partial charge is 0.253 e. The number of carbonyl (C=O) groups excluding carboxylic acids is 1. The van der Waals surface area contributed by atoms with Gasteiger partial charge in [0.05, 0.1) is 27.0 Å². The lowest BCUT2D eigenvalue weighted by Gasteiger charge is -2.28. The summed E-state index contributed by atoms with van der Waals surface area (Å²) in [6.07, 6.45) is -1.14. The van der Waals surface area contributed by atoms with E-state index >= 15 is 0 Å². The molecule has 11 heteroatoms. The molecule has 0 aliphatic rings. The lowest BCUT2D eigenvalue weighted by molar-refractivity contribution is 0.0934. The molecule has 0 unspecified atom stereocenters. The summed E-state index contributed by atoms with van der Waals surface area (Å²) in [5.74, 6) is 1.14. The van der Waals surface area contributed by atoms with Crippen LogP contribution in [0.5, 0.6) is 17.2 Å². The molecule has 0 aliphatic heterocycles. The number of anilines is 1. The van der Waals surface area contributed by atoms with Crippen molar-refractivity contribution in [3.63, 3.8) is 0 Å². The number of amides is 1. The molecule has 0 saturated heterocycles. The molecular weight excluding hydrogens is 473 g/mol. The van der Waals surface area contributed by atoms with Crippen molar-refractivity contribution in [1.82, 2.24) is 10.6 Å². The molecule has 0 spiro atoms. The second-order valence-electron chi connectivity index (χ2n) is 5.84. The van der Waals surface area contributed by atoms with E-state index in [4.69, 9.17) is 61.2 Å². The second kappa shape index (κ2) is 10.8. The van der Waals surface area contributed by atoms with Crippen molar-refractivity contribution < 1.29 is 19.0 Å². The number of rotatable bonds is 7. The number of carbonyl (C=O) groups is 1. The summed E-state index contributed by atoms with van der Waals surface area (Å²) in [5.41, 5.74) is 0.847. The minimum atomic E-state index is -1.90. The van der Waals surface area contributed by atoms with Crippen molar-refractivity contribution >= 4 is 63.7 Å². The van der Waals surface area contributed by atoms with E-state index in [1.54, 1.807) is 42.5 Å². The molecule has 0 aromatic heterocycles. The van der Waals surface area contributed by atoms with Crippen LogP contribution >= 0.6 is 47.0 Å². The Morgan fingerprint density at radius 3 is 2.23 bits per heavy atom. The minimum Gasteiger partial charge on any atom is -0.497 e. The highest BCUT2D eigenvalue weighted by Gasteiger charge is 2.35. The first-order chi connectivity index (χ1) is 14.2. The van der Waals surface area contributed by atoms with Gasteiger partial charge < -0.3 is 30.2 Å². The Balaban J connectivity index is 2.15. The Morgan fingerprint density at radius 1 is 0.967 bits per heavy atom. The number of benzene rings is 2. The van der Waals surface area contributed by atoms with Gasteiger partial charge in [0, 0.05) is 11.6 Å². The van der Waals surface area contributed by atoms with Crippen LogP contribution < -0.4 is 30.2 Å². The van der Waals surface area contributed by atoms with Gasteiger partial charge in [-0.1, -0.05) is 40.9 Å². The molecule has 30 heavy (non-hydrogen) atoms.